The van der Waals surface area contributed by atoms with Crippen LogP contribution in [0.25, 0.3) is 0 Å². The SMILES string of the molecule is Cc1c(C)c2c(c(C)c1[19F])CC[C@@](C)(CCC[C@H](C)CCC[C@H](C)CCCC(C)C)O2. The lowest BCUT2D eigenvalue weighted by atomic mass is 9.84. The highest BCUT2D eigenvalue weighted by molar-refractivity contribution is 5.52. The molecule has 1 aliphatic rings. The standard InChI is InChI=1S/C29H49FO/c1-20(2)12-9-13-21(3)14-10-15-22(4)16-11-18-29(8)19-17-26-25(7)27(30)23(5)24(6)28(26)31-29/h20-22H,9-19H2,1-8H3/t21-,22-,29-/m1/s1/i30+0. The van der Waals surface area contributed by atoms with E-state index in [0.29, 0.717) is 0 Å². The highest BCUT2D eigenvalue weighted by atomic mass is 19.1. The molecule has 1 heterocycles. The van der Waals surface area contributed by atoms with Crippen LogP contribution >= 0.6 is 0 Å². The Hall–Kier alpha value is -1.05. The minimum absolute atomic E-state index is 0.0495. The molecule has 0 N–H and O–H groups in total. The van der Waals surface area contributed by atoms with Crippen molar-refractivity contribution in [2.45, 2.75) is 132 Å². The Balaban J connectivity index is 1.74. The molecule has 0 amide bonds. The zero-order valence-electron chi connectivity index (χ0n) is 21.8. The first-order valence-electron chi connectivity index (χ1n) is 13.0. The van der Waals surface area contributed by atoms with Crippen LogP contribution in [0.5, 0.6) is 5.75 Å². The molecule has 1 aliphatic heterocycles. The van der Waals surface area contributed by atoms with Crippen molar-refractivity contribution in [2.24, 2.45) is 17.8 Å². The van der Waals surface area contributed by atoms with Crippen molar-refractivity contribution in [3.63, 3.8) is 0 Å². The van der Waals surface area contributed by atoms with Gasteiger partial charge in [-0.05, 0) is 87.8 Å². The van der Waals surface area contributed by atoms with Crippen molar-refractivity contribution in [1.82, 2.24) is 0 Å². The van der Waals surface area contributed by atoms with Crippen molar-refractivity contribution in [3.8, 4) is 5.75 Å². The van der Waals surface area contributed by atoms with E-state index in [9.17, 15) is 4.39 Å². The quantitative estimate of drug-likeness (QED) is 0.320. The van der Waals surface area contributed by atoms with E-state index in [1.54, 1.807) is 0 Å². The second-order valence-corrected chi connectivity index (χ2v) is 11.4. The van der Waals surface area contributed by atoms with Crippen molar-refractivity contribution >= 4 is 0 Å². The number of benzene rings is 1. The fourth-order valence-electron chi connectivity index (χ4n) is 5.25. The lowest BCUT2D eigenvalue weighted by Gasteiger charge is -2.38. The average molecular weight is 433 g/mol. The predicted molar refractivity (Wildman–Crippen MR) is 133 cm³/mol. The molecule has 0 spiro atoms. The van der Waals surface area contributed by atoms with Crippen LogP contribution < -0.4 is 4.74 Å². The average Bonchev–Trinajstić information content (AvgIpc) is 2.70. The van der Waals surface area contributed by atoms with E-state index in [0.717, 1.165) is 65.0 Å². The monoisotopic (exact) mass is 432 g/mol. The highest BCUT2D eigenvalue weighted by Gasteiger charge is 2.34. The molecule has 0 fully saturated rings. The molecule has 0 saturated carbocycles. The van der Waals surface area contributed by atoms with E-state index in [2.05, 4.69) is 34.6 Å². The van der Waals surface area contributed by atoms with E-state index in [1.165, 1.54) is 51.4 Å². The molecule has 2 heteroatoms. The van der Waals surface area contributed by atoms with Crippen molar-refractivity contribution in [3.05, 3.63) is 28.1 Å². The van der Waals surface area contributed by atoms with Gasteiger partial charge in [0.1, 0.15) is 17.2 Å². The van der Waals surface area contributed by atoms with E-state index in [4.69, 9.17) is 4.74 Å². The third kappa shape index (κ3) is 7.50. The lowest BCUT2D eigenvalue weighted by Crippen LogP contribution is -2.37. The first-order valence-corrected chi connectivity index (χ1v) is 13.0. The van der Waals surface area contributed by atoms with Gasteiger partial charge in [-0.2, -0.15) is 0 Å². The zero-order chi connectivity index (χ0) is 23.2. The maximum atomic E-state index is 14.5. The molecule has 2 rings (SSSR count). The molecule has 1 nitrogen and oxygen atoms in total. The van der Waals surface area contributed by atoms with E-state index < -0.39 is 0 Å². The van der Waals surface area contributed by atoms with Gasteiger partial charge >= 0.3 is 0 Å². The summed E-state index contributed by atoms with van der Waals surface area (Å²) in [6.07, 6.45) is 13.8. The van der Waals surface area contributed by atoms with Gasteiger partial charge in [0.25, 0.3) is 0 Å². The first kappa shape index (κ1) is 26.2. The fraction of sp³-hybridized carbons (Fsp3) is 0.793. The van der Waals surface area contributed by atoms with Gasteiger partial charge in [-0.15, -0.1) is 0 Å². The zero-order valence-corrected chi connectivity index (χ0v) is 21.8. The molecule has 0 radical (unpaired) electrons. The first-order chi connectivity index (χ1) is 14.5. The number of hydrogen-bond acceptors (Lipinski definition) is 1. The number of halogens is 1. The van der Waals surface area contributed by atoms with E-state index in [1.807, 2.05) is 20.8 Å². The van der Waals surface area contributed by atoms with E-state index >= 15 is 0 Å². The summed E-state index contributed by atoms with van der Waals surface area (Å²) in [5.41, 5.74) is 3.49. The number of fused-ring (bicyclic) bond motifs is 1. The molecule has 0 aliphatic carbocycles. The maximum absolute atomic E-state index is 14.5. The summed E-state index contributed by atoms with van der Waals surface area (Å²) in [6.45, 7) is 17.5. The molecule has 31 heavy (non-hydrogen) atoms. The fourth-order valence-corrected chi connectivity index (χ4v) is 5.25. The number of ether oxygens (including phenoxy) is 1. The smallest absolute Gasteiger partial charge is 0.129 e. The Morgan fingerprint density at radius 1 is 0.806 bits per heavy atom. The van der Waals surface area contributed by atoms with Gasteiger partial charge in [0.05, 0.1) is 0 Å². The highest BCUT2D eigenvalue weighted by Crippen LogP contribution is 2.42. The molecule has 0 aromatic heterocycles. The van der Waals surface area contributed by atoms with Gasteiger partial charge in [0, 0.05) is 5.56 Å². The van der Waals surface area contributed by atoms with Crippen LogP contribution in [0, 0.1) is 44.3 Å². The van der Waals surface area contributed by atoms with Crippen molar-refractivity contribution < 1.29 is 9.13 Å². The van der Waals surface area contributed by atoms with Crippen LogP contribution in [-0.2, 0) is 6.42 Å². The van der Waals surface area contributed by atoms with Gasteiger partial charge in [0.2, 0.25) is 0 Å². The Kier molecular flexibility index (Phi) is 9.90. The summed E-state index contributed by atoms with van der Waals surface area (Å²) in [4.78, 5) is 0. The molecular weight excluding hydrogens is 383 g/mol. The van der Waals surface area contributed by atoms with Crippen LogP contribution in [0.3, 0.4) is 0 Å². The molecule has 0 saturated heterocycles. The summed E-state index contributed by atoms with van der Waals surface area (Å²) >= 11 is 0. The van der Waals surface area contributed by atoms with Crippen LogP contribution in [0.15, 0.2) is 0 Å². The minimum Gasteiger partial charge on any atom is -0.487 e. The third-order valence-electron chi connectivity index (χ3n) is 7.82. The van der Waals surface area contributed by atoms with Crippen LogP contribution in [0.2, 0.25) is 0 Å². The molecule has 3 atom stereocenters. The van der Waals surface area contributed by atoms with Gasteiger partial charge < -0.3 is 4.74 Å². The van der Waals surface area contributed by atoms with Gasteiger partial charge in [-0.3, -0.25) is 0 Å². The Labute approximate surface area is 192 Å². The Morgan fingerprint density at radius 3 is 1.94 bits per heavy atom. The summed E-state index contributed by atoms with van der Waals surface area (Å²) in [5.74, 6) is 3.42. The lowest BCUT2D eigenvalue weighted by molar-refractivity contribution is 0.0511. The van der Waals surface area contributed by atoms with Crippen molar-refractivity contribution in [1.29, 1.82) is 0 Å². The Morgan fingerprint density at radius 2 is 1.35 bits per heavy atom. The second-order valence-electron chi connectivity index (χ2n) is 11.4. The van der Waals surface area contributed by atoms with Gasteiger partial charge in [-0.1, -0.05) is 72.6 Å². The molecule has 0 bridgehead atoms. The van der Waals surface area contributed by atoms with Crippen LogP contribution in [-0.4, -0.2) is 5.60 Å². The normalized spacial score (nSPS) is 20.5. The van der Waals surface area contributed by atoms with Gasteiger partial charge in [-0.25, -0.2) is 4.39 Å². The summed E-state index contributed by atoms with van der Waals surface area (Å²) in [7, 11) is 0. The van der Waals surface area contributed by atoms with E-state index in [-0.39, 0.29) is 11.4 Å². The molecule has 178 valence electrons. The predicted octanol–water partition coefficient (Wildman–Crippen LogP) is 9.27. The number of hydrogen-bond donors (Lipinski definition) is 0. The third-order valence-corrected chi connectivity index (χ3v) is 7.82. The van der Waals surface area contributed by atoms with Crippen LogP contribution in [0.1, 0.15) is 121 Å². The van der Waals surface area contributed by atoms with Gasteiger partial charge in [0.15, 0.2) is 0 Å². The molecule has 0 unspecified atom stereocenters. The minimum atomic E-state index is -0.112. The molecular formula is C29H49FO. The summed E-state index contributed by atoms with van der Waals surface area (Å²) < 4.78 is 21.0. The van der Waals surface area contributed by atoms with Crippen LogP contribution in [0.4, 0.5) is 4.39 Å². The summed E-state index contributed by atoms with van der Waals surface area (Å²) in [6, 6.07) is 0. The summed E-state index contributed by atoms with van der Waals surface area (Å²) in [5, 5.41) is 0. The molecule has 1 aromatic carbocycles. The largest absolute Gasteiger partial charge is 0.487 e. The van der Waals surface area contributed by atoms with Crippen molar-refractivity contribution in [2.75, 3.05) is 0 Å². The maximum Gasteiger partial charge on any atom is 0.129 e. The number of rotatable bonds is 12. The second kappa shape index (κ2) is 11.7. The topological polar surface area (TPSA) is 9.23 Å². The Bertz CT molecular complexity index is 707. The molecule has 1 aromatic rings.